The van der Waals surface area contributed by atoms with E-state index in [2.05, 4.69) is 10.6 Å². The van der Waals surface area contributed by atoms with Crippen molar-refractivity contribution in [2.24, 2.45) is 5.92 Å². The van der Waals surface area contributed by atoms with Gasteiger partial charge in [-0.05, 0) is 38.1 Å². The Morgan fingerprint density at radius 1 is 1.25 bits per heavy atom. The van der Waals surface area contributed by atoms with Crippen molar-refractivity contribution >= 4 is 29.1 Å². The molecule has 1 aromatic carbocycles. The largest absolute Gasteiger partial charge is 0.339 e. The second-order valence-electron chi connectivity index (χ2n) is 5.99. The maximum Gasteiger partial charge on any atom is 0.238 e. The van der Waals surface area contributed by atoms with Crippen molar-refractivity contribution in [2.45, 2.75) is 32.7 Å². The van der Waals surface area contributed by atoms with Crippen LogP contribution in [0.4, 0.5) is 11.4 Å². The fourth-order valence-corrected chi connectivity index (χ4v) is 2.56. The Kier molecular flexibility index (Phi) is 5.53. The molecule has 1 unspecified atom stereocenters. The van der Waals surface area contributed by atoms with E-state index in [-0.39, 0.29) is 42.5 Å². The molecule has 0 aromatic heterocycles. The van der Waals surface area contributed by atoms with E-state index in [1.165, 1.54) is 0 Å². The fourth-order valence-electron chi connectivity index (χ4n) is 2.56. The molecule has 1 atom stereocenters. The molecule has 0 saturated carbocycles. The van der Waals surface area contributed by atoms with E-state index < -0.39 is 0 Å². The van der Waals surface area contributed by atoms with Gasteiger partial charge < -0.3 is 15.5 Å². The standard InChI is InChI=1S/C17H20N4O3/c1-11(2)21-10-12(9-16(21)23)17(24)20-14-5-3-13(4-6-14)19-15(22)7-8-18/h3-6,11-12H,7,9-10H2,1-2H3,(H,19,22)(H,20,24). The lowest BCUT2D eigenvalue weighted by Crippen LogP contribution is -2.33. The monoisotopic (exact) mass is 328 g/mol. The molecular weight excluding hydrogens is 308 g/mol. The summed E-state index contributed by atoms with van der Waals surface area (Å²) in [5.41, 5.74) is 1.14. The number of hydrogen-bond acceptors (Lipinski definition) is 4. The second-order valence-corrected chi connectivity index (χ2v) is 5.99. The zero-order chi connectivity index (χ0) is 17.7. The van der Waals surface area contributed by atoms with Gasteiger partial charge in [0.1, 0.15) is 6.42 Å². The van der Waals surface area contributed by atoms with Crippen molar-refractivity contribution in [3.8, 4) is 6.07 Å². The molecule has 0 bridgehead atoms. The van der Waals surface area contributed by atoms with Crippen molar-refractivity contribution in [1.29, 1.82) is 5.26 Å². The first-order valence-corrected chi connectivity index (χ1v) is 7.78. The van der Waals surface area contributed by atoms with Crippen LogP contribution >= 0.6 is 0 Å². The van der Waals surface area contributed by atoms with Crippen LogP contribution in [0.3, 0.4) is 0 Å². The Hall–Kier alpha value is -2.88. The number of nitriles is 1. The number of likely N-dealkylation sites (tertiary alicyclic amines) is 1. The van der Waals surface area contributed by atoms with Crippen molar-refractivity contribution in [1.82, 2.24) is 4.90 Å². The molecule has 0 spiro atoms. The zero-order valence-corrected chi connectivity index (χ0v) is 13.7. The lowest BCUT2D eigenvalue weighted by molar-refractivity contribution is -0.129. The lowest BCUT2D eigenvalue weighted by atomic mass is 10.1. The predicted octanol–water partition coefficient (Wildman–Crippen LogP) is 1.73. The summed E-state index contributed by atoms with van der Waals surface area (Å²) in [5.74, 6) is -0.920. The molecule has 1 aromatic rings. The van der Waals surface area contributed by atoms with Crippen LogP contribution in [0.25, 0.3) is 0 Å². The summed E-state index contributed by atoms with van der Waals surface area (Å²) >= 11 is 0. The van der Waals surface area contributed by atoms with Crippen LogP contribution in [0.1, 0.15) is 26.7 Å². The second kappa shape index (κ2) is 7.59. The Balaban J connectivity index is 1.92. The molecule has 7 nitrogen and oxygen atoms in total. The van der Waals surface area contributed by atoms with Crippen LogP contribution in [-0.4, -0.2) is 35.2 Å². The van der Waals surface area contributed by atoms with Gasteiger partial charge in [0.05, 0.1) is 12.0 Å². The van der Waals surface area contributed by atoms with Crippen LogP contribution < -0.4 is 10.6 Å². The van der Waals surface area contributed by atoms with Crippen molar-refractivity contribution in [3.05, 3.63) is 24.3 Å². The third kappa shape index (κ3) is 4.32. The van der Waals surface area contributed by atoms with E-state index in [4.69, 9.17) is 5.26 Å². The van der Waals surface area contributed by atoms with E-state index in [1.54, 1.807) is 35.2 Å². The average molecular weight is 328 g/mol. The zero-order valence-electron chi connectivity index (χ0n) is 13.7. The number of nitrogens with zero attached hydrogens (tertiary/aromatic N) is 2. The first-order chi connectivity index (χ1) is 11.4. The molecule has 0 aliphatic carbocycles. The summed E-state index contributed by atoms with van der Waals surface area (Å²) < 4.78 is 0. The first-order valence-electron chi connectivity index (χ1n) is 7.78. The summed E-state index contributed by atoms with van der Waals surface area (Å²) in [6, 6.07) is 8.48. The van der Waals surface area contributed by atoms with Gasteiger partial charge in [0.25, 0.3) is 0 Å². The molecule has 1 aliphatic heterocycles. The predicted molar refractivity (Wildman–Crippen MR) is 88.9 cm³/mol. The summed E-state index contributed by atoms with van der Waals surface area (Å²) in [4.78, 5) is 37.2. The Morgan fingerprint density at radius 3 is 2.33 bits per heavy atom. The molecule has 7 heteroatoms. The minimum Gasteiger partial charge on any atom is -0.339 e. The topological polar surface area (TPSA) is 102 Å². The van der Waals surface area contributed by atoms with Crippen LogP contribution in [-0.2, 0) is 14.4 Å². The van der Waals surface area contributed by atoms with Crippen LogP contribution in [0.5, 0.6) is 0 Å². The molecule has 0 radical (unpaired) electrons. The van der Waals surface area contributed by atoms with E-state index in [1.807, 2.05) is 13.8 Å². The highest BCUT2D eigenvalue weighted by Gasteiger charge is 2.35. The number of carbonyl (C=O) groups is 3. The van der Waals surface area contributed by atoms with Gasteiger partial charge >= 0.3 is 0 Å². The molecule has 2 N–H and O–H groups in total. The highest BCUT2D eigenvalue weighted by molar-refractivity contribution is 5.97. The van der Waals surface area contributed by atoms with Gasteiger partial charge in [0, 0.05) is 30.4 Å². The van der Waals surface area contributed by atoms with Gasteiger partial charge in [-0.25, -0.2) is 0 Å². The fraction of sp³-hybridized carbons (Fsp3) is 0.412. The molecule has 1 saturated heterocycles. The molecule has 3 amide bonds. The van der Waals surface area contributed by atoms with Gasteiger partial charge in [0.15, 0.2) is 0 Å². The van der Waals surface area contributed by atoms with Crippen molar-refractivity contribution in [3.63, 3.8) is 0 Å². The summed E-state index contributed by atoms with van der Waals surface area (Å²) in [7, 11) is 0. The molecule has 2 rings (SSSR count). The minimum absolute atomic E-state index is 0.000651. The Morgan fingerprint density at radius 2 is 1.83 bits per heavy atom. The van der Waals surface area contributed by atoms with Crippen LogP contribution in [0, 0.1) is 17.2 Å². The van der Waals surface area contributed by atoms with Gasteiger partial charge in [-0.1, -0.05) is 0 Å². The summed E-state index contributed by atoms with van der Waals surface area (Å²) in [6.45, 7) is 4.29. The molecule has 126 valence electrons. The summed E-state index contributed by atoms with van der Waals surface area (Å²) in [6.07, 6.45) is 0.0207. The van der Waals surface area contributed by atoms with Crippen LogP contribution in [0.2, 0.25) is 0 Å². The van der Waals surface area contributed by atoms with Gasteiger partial charge in [0.2, 0.25) is 17.7 Å². The maximum atomic E-state index is 12.3. The molecule has 1 heterocycles. The normalized spacial score (nSPS) is 16.8. The third-order valence-electron chi connectivity index (χ3n) is 3.83. The van der Waals surface area contributed by atoms with Gasteiger partial charge in [-0.3, -0.25) is 14.4 Å². The van der Waals surface area contributed by atoms with Crippen molar-refractivity contribution in [2.75, 3.05) is 17.2 Å². The number of carbonyl (C=O) groups excluding carboxylic acids is 3. The SMILES string of the molecule is CC(C)N1CC(C(=O)Nc2ccc(NC(=O)CC#N)cc2)CC1=O. The van der Waals surface area contributed by atoms with E-state index in [0.29, 0.717) is 17.9 Å². The minimum atomic E-state index is -0.382. The van der Waals surface area contributed by atoms with Gasteiger partial charge in [-0.15, -0.1) is 0 Å². The first kappa shape index (κ1) is 17.5. The molecular formula is C17H20N4O3. The number of hydrogen-bond donors (Lipinski definition) is 2. The smallest absolute Gasteiger partial charge is 0.238 e. The van der Waals surface area contributed by atoms with E-state index in [0.717, 1.165) is 0 Å². The number of benzene rings is 1. The van der Waals surface area contributed by atoms with Gasteiger partial charge in [-0.2, -0.15) is 5.26 Å². The third-order valence-corrected chi connectivity index (χ3v) is 3.83. The number of amides is 3. The Labute approximate surface area is 140 Å². The van der Waals surface area contributed by atoms with E-state index in [9.17, 15) is 14.4 Å². The lowest BCUT2D eigenvalue weighted by Gasteiger charge is -2.20. The molecule has 24 heavy (non-hydrogen) atoms. The Bertz CT molecular complexity index is 676. The molecule has 1 aliphatic rings. The summed E-state index contributed by atoms with van der Waals surface area (Å²) in [5, 5.41) is 13.8. The quantitative estimate of drug-likeness (QED) is 0.859. The maximum absolute atomic E-state index is 12.3. The highest BCUT2D eigenvalue weighted by Crippen LogP contribution is 2.22. The number of rotatable bonds is 5. The van der Waals surface area contributed by atoms with Crippen molar-refractivity contribution < 1.29 is 14.4 Å². The van der Waals surface area contributed by atoms with Crippen LogP contribution in [0.15, 0.2) is 24.3 Å². The number of anilines is 2. The molecule has 1 fully saturated rings. The highest BCUT2D eigenvalue weighted by atomic mass is 16.2. The number of nitrogens with one attached hydrogen (secondary N) is 2. The average Bonchev–Trinajstić information content (AvgIpc) is 2.92. The van der Waals surface area contributed by atoms with E-state index >= 15 is 0 Å².